The number of nitrogens with zero attached hydrogens (tertiary/aromatic N) is 3. The van der Waals surface area contributed by atoms with Crippen LogP contribution in [-0.2, 0) is 17.5 Å². The number of hydrogen-bond donors (Lipinski definition) is 2. The number of anilines is 2. The number of ether oxygens (including phenoxy) is 1. The third-order valence-electron chi connectivity index (χ3n) is 7.40. The zero-order valence-electron chi connectivity index (χ0n) is 22.6. The minimum absolute atomic E-state index is 0.330. The summed E-state index contributed by atoms with van der Waals surface area (Å²) in [5, 5.41) is 3.15. The summed E-state index contributed by atoms with van der Waals surface area (Å²) >= 11 is 6.82. The maximum Gasteiger partial charge on any atom is 0.417 e. The molecule has 2 aliphatic rings. The summed E-state index contributed by atoms with van der Waals surface area (Å²) < 4.78 is 46.6. The van der Waals surface area contributed by atoms with Crippen LogP contribution in [0.1, 0.15) is 21.5 Å². The number of hydrogen-bond acceptors (Lipinski definition) is 6. The van der Waals surface area contributed by atoms with Gasteiger partial charge in [-0.3, -0.25) is 14.5 Å². The number of rotatable bonds is 6. The van der Waals surface area contributed by atoms with E-state index in [1.807, 2.05) is 31.3 Å². The van der Waals surface area contributed by atoms with Gasteiger partial charge in [0, 0.05) is 63.6 Å². The number of aromatic nitrogens is 1. The summed E-state index contributed by atoms with van der Waals surface area (Å²) in [6.45, 7) is 6.64. The van der Waals surface area contributed by atoms with Crippen LogP contribution < -0.4 is 15.8 Å². The molecule has 2 aliphatic heterocycles. The Morgan fingerprint density at radius 1 is 1.05 bits per heavy atom. The highest BCUT2D eigenvalue weighted by molar-refractivity contribution is 6.34. The number of piperazine rings is 1. The first kappa shape index (κ1) is 29.1. The fourth-order valence-electron chi connectivity index (χ4n) is 5.13. The van der Waals surface area contributed by atoms with Crippen molar-refractivity contribution < 1.29 is 22.7 Å². The van der Waals surface area contributed by atoms with Crippen molar-refractivity contribution in [3.8, 4) is 11.1 Å². The topological polar surface area (TPSA) is 80.9 Å². The average molecular weight is 590 g/mol. The van der Waals surface area contributed by atoms with Gasteiger partial charge in [0.05, 0.1) is 40.7 Å². The molecule has 0 aliphatic carbocycles. The summed E-state index contributed by atoms with van der Waals surface area (Å²) in [4.78, 5) is 33.6. The number of benzene rings is 2. The van der Waals surface area contributed by atoms with Gasteiger partial charge in [0.2, 0.25) is 5.56 Å². The van der Waals surface area contributed by atoms with Crippen molar-refractivity contribution in [2.24, 2.45) is 0 Å². The van der Waals surface area contributed by atoms with E-state index in [0.717, 1.165) is 50.0 Å². The average Bonchev–Trinajstić information content (AvgIpc) is 2.94. The Bertz CT molecular complexity index is 1460. The number of carbonyl (C=O) groups excluding carboxylic acids is 1. The molecule has 3 aromatic rings. The highest BCUT2D eigenvalue weighted by Crippen LogP contribution is 2.39. The third kappa shape index (κ3) is 6.92. The second-order valence-corrected chi connectivity index (χ2v) is 10.7. The van der Waals surface area contributed by atoms with Crippen LogP contribution in [0, 0.1) is 0 Å². The van der Waals surface area contributed by atoms with Crippen molar-refractivity contribution in [1.29, 1.82) is 0 Å². The van der Waals surface area contributed by atoms with E-state index < -0.39 is 28.8 Å². The molecule has 0 spiro atoms. The number of amides is 1. The zero-order chi connectivity index (χ0) is 29.1. The van der Waals surface area contributed by atoms with Crippen molar-refractivity contribution in [2.75, 3.05) is 69.7 Å². The lowest BCUT2D eigenvalue weighted by atomic mass is 10.0. The Kier molecular flexibility index (Phi) is 8.69. The van der Waals surface area contributed by atoms with Crippen LogP contribution in [0.2, 0.25) is 5.02 Å². The molecule has 218 valence electrons. The number of halogens is 4. The predicted molar refractivity (Wildman–Crippen MR) is 153 cm³/mol. The molecule has 0 radical (unpaired) electrons. The van der Waals surface area contributed by atoms with Gasteiger partial charge in [-0.15, -0.1) is 0 Å². The number of alkyl halides is 3. The quantitative estimate of drug-likeness (QED) is 0.439. The van der Waals surface area contributed by atoms with Crippen LogP contribution in [0.15, 0.2) is 53.5 Å². The van der Waals surface area contributed by atoms with Gasteiger partial charge in [0.1, 0.15) is 0 Å². The highest BCUT2D eigenvalue weighted by Gasteiger charge is 2.36. The van der Waals surface area contributed by atoms with Gasteiger partial charge in [0.25, 0.3) is 5.91 Å². The highest BCUT2D eigenvalue weighted by atomic mass is 35.5. The molecule has 41 heavy (non-hydrogen) atoms. The SMILES string of the molecule is CN1CCN(c2cc(Cl)c(-c3cccc(CN4CCOCC4)c3)cc2NC(=O)c2c[nH]c(=O)cc2C(F)(F)F)CC1. The van der Waals surface area contributed by atoms with E-state index in [1.54, 1.807) is 12.1 Å². The number of morpholine rings is 1. The lowest BCUT2D eigenvalue weighted by Gasteiger charge is -2.35. The summed E-state index contributed by atoms with van der Waals surface area (Å²) in [5.41, 5.74) is 0.562. The molecule has 2 fully saturated rings. The molecule has 2 saturated heterocycles. The molecule has 0 bridgehead atoms. The van der Waals surface area contributed by atoms with E-state index in [4.69, 9.17) is 16.3 Å². The molecule has 0 saturated carbocycles. The predicted octanol–water partition coefficient (Wildman–Crippen LogP) is 4.55. The van der Waals surface area contributed by atoms with Crippen molar-refractivity contribution in [2.45, 2.75) is 12.7 Å². The number of likely N-dealkylation sites (N-methyl/N-ethyl adjacent to an activating group) is 1. The fraction of sp³-hybridized carbons (Fsp3) is 0.379. The molecule has 2 N–H and O–H groups in total. The van der Waals surface area contributed by atoms with Crippen molar-refractivity contribution in [1.82, 2.24) is 14.8 Å². The van der Waals surface area contributed by atoms with Crippen molar-refractivity contribution >= 4 is 28.9 Å². The first-order valence-electron chi connectivity index (χ1n) is 13.4. The van der Waals surface area contributed by atoms with Crippen molar-refractivity contribution in [3.05, 3.63) is 80.7 Å². The van der Waals surface area contributed by atoms with Crippen LogP contribution in [0.5, 0.6) is 0 Å². The summed E-state index contributed by atoms with van der Waals surface area (Å²) in [5.74, 6) is -0.988. The lowest BCUT2D eigenvalue weighted by molar-refractivity contribution is -0.138. The normalized spacial score (nSPS) is 17.0. The van der Waals surface area contributed by atoms with Gasteiger partial charge < -0.3 is 24.8 Å². The van der Waals surface area contributed by atoms with E-state index in [0.29, 0.717) is 54.3 Å². The molecule has 0 atom stereocenters. The molecule has 8 nitrogen and oxygen atoms in total. The number of pyridine rings is 1. The molecule has 2 aromatic carbocycles. The molecule has 1 aromatic heterocycles. The first-order chi connectivity index (χ1) is 19.6. The number of H-pyrrole nitrogens is 1. The fourth-order valence-corrected chi connectivity index (χ4v) is 5.40. The van der Waals surface area contributed by atoms with Gasteiger partial charge in [-0.1, -0.05) is 29.8 Å². The molecule has 1 amide bonds. The molecular formula is C29H31ClF3N5O3. The van der Waals surface area contributed by atoms with Crippen LogP contribution in [0.3, 0.4) is 0 Å². The van der Waals surface area contributed by atoms with E-state index in [2.05, 4.69) is 25.0 Å². The zero-order valence-corrected chi connectivity index (χ0v) is 23.3. The Hall–Kier alpha value is -3.38. The smallest absolute Gasteiger partial charge is 0.379 e. The van der Waals surface area contributed by atoms with E-state index in [9.17, 15) is 22.8 Å². The lowest BCUT2D eigenvalue weighted by Crippen LogP contribution is -2.44. The number of aromatic amines is 1. The molecule has 5 rings (SSSR count). The number of carbonyl (C=O) groups is 1. The Balaban J connectivity index is 1.52. The van der Waals surface area contributed by atoms with Gasteiger partial charge >= 0.3 is 6.18 Å². The molecule has 12 heteroatoms. The maximum atomic E-state index is 13.7. The minimum Gasteiger partial charge on any atom is -0.379 e. The van der Waals surface area contributed by atoms with Crippen LogP contribution in [-0.4, -0.2) is 80.2 Å². The molecule has 3 heterocycles. The summed E-state index contributed by atoms with van der Waals surface area (Å²) in [7, 11) is 2.01. The molecule has 0 unspecified atom stereocenters. The first-order valence-corrected chi connectivity index (χ1v) is 13.7. The van der Waals surface area contributed by atoms with E-state index in [-0.39, 0.29) is 0 Å². The third-order valence-corrected chi connectivity index (χ3v) is 7.71. The van der Waals surface area contributed by atoms with E-state index in [1.165, 1.54) is 0 Å². The van der Waals surface area contributed by atoms with Gasteiger partial charge in [-0.25, -0.2) is 0 Å². The van der Waals surface area contributed by atoms with Crippen LogP contribution in [0.4, 0.5) is 24.5 Å². The van der Waals surface area contributed by atoms with E-state index >= 15 is 0 Å². The monoisotopic (exact) mass is 589 g/mol. The van der Waals surface area contributed by atoms with Gasteiger partial charge in [0.15, 0.2) is 0 Å². The van der Waals surface area contributed by atoms with Crippen LogP contribution in [0.25, 0.3) is 11.1 Å². The second kappa shape index (κ2) is 12.2. The second-order valence-electron chi connectivity index (χ2n) is 10.3. The Morgan fingerprint density at radius 2 is 1.78 bits per heavy atom. The van der Waals surface area contributed by atoms with Crippen molar-refractivity contribution in [3.63, 3.8) is 0 Å². The summed E-state index contributed by atoms with van der Waals surface area (Å²) in [6.07, 6.45) is -4.09. The maximum absolute atomic E-state index is 13.7. The van der Waals surface area contributed by atoms with Crippen LogP contribution >= 0.6 is 11.6 Å². The van der Waals surface area contributed by atoms with Gasteiger partial charge in [-0.05, 0) is 36.4 Å². The Morgan fingerprint density at radius 3 is 2.49 bits per heavy atom. The minimum atomic E-state index is -4.88. The number of nitrogens with one attached hydrogen (secondary N) is 2. The largest absolute Gasteiger partial charge is 0.417 e. The summed E-state index contributed by atoms with van der Waals surface area (Å²) in [6, 6.07) is 11.8. The Labute approximate surface area is 240 Å². The standard InChI is InChI=1S/C29H31ClF3N5O3/c1-36-5-7-38(8-6-36)26-16-24(30)21(20-4-2-3-19(13-20)18-37-9-11-41-12-10-37)14-25(26)35-28(40)22-17-34-27(39)15-23(22)29(31,32)33/h2-4,13-17H,5-12,18H2,1H3,(H,34,39)(H,35,40). The molecular weight excluding hydrogens is 559 g/mol. The van der Waals surface area contributed by atoms with Gasteiger partial charge in [-0.2, -0.15) is 13.2 Å².